The van der Waals surface area contributed by atoms with Crippen LogP contribution in [-0.2, 0) is 0 Å². The van der Waals surface area contributed by atoms with Gasteiger partial charge in [0.15, 0.2) is 5.75 Å². The topological polar surface area (TPSA) is 81.5 Å². The summed E-state index contributed by atoms with van der Waals surface area (Å²) in [5.41, 5.74) is 0.0115. The Morgan fingerprint density at radius 2 is 2.29 bits per heavy atom. The summed E-state index contributed by atoms with van der Waals surface area (Å²) in [6, 6.07) is 4.08. The molecule has 0 aliphatic rings. The predicted molar refractivity (Wildman–Crippen MR) is 65.8 cm³/mol. The van der Waals surface area contributed by atoms with Crippen LogP contribution in [0.4, 0.5) is 5.69 Å². The van der Waals surface area contributed by atoms with E-state index in [9.17, 15) is 14.9 Å². The summed E-state index contributed by atoms with van der Waals surface area (Å²) in [6.07, 6.45) is 0. The Kier molecular flexibility index (Phi) is 4.89. The number of benzene rings is 1. The molecule has 6 nitrogen and oxygen atoms in total. The fourth-order valence-corrected chi connectivity index (χ4v) is 1.43. The van der Waals surface area contributed by atoms with Crippen LogP contribution >= 0.6 is 15.9 Å². The smallest absolute Gasteiger partial charge is 0.311 e. The molecular weight excluding hydrogens is 292 g/mol. The molecule has 1 rings (SSSR count). The maximum absolute atomic E-state index is 11.6. The van der Waals surface area contributed by atoms with Crippen molar-refractivity contribution in [3.05, 3.63) is 33.9 Å². The molecular formula is C10H11BrN2O4. The molecule has 17 heavy (non-hydrogen) atoms. The molecule has 0 unspecified atom stereocenters. The second-order valence-electron chi connectivity index (χ2n) is 3.09. The van der Waals surface area contributed by atoms with E-state index in [0.717, 1.165) is 0 Å². The number of ether oxygens (including phenoxy) is 1. The van der Waals surface area contributed by atoms with E-state index in [1.165, 1.54) is 25.3 Å². The van der Waals surface area contributed by atoms with Gasteiger partial charge in [-0.05, 0) is 12.1 Å². The summed E-state index contributed by atoms with van der Waals surface area (Å²) in [4.78, 5) is 21.8. The number of methoxy groups -OCH3 is 1. The third-order valence-corrected chi connectivity index (χ3v) is 2.41. The van der Waals surface area contributed by atoms with Crippen molar-refractivity contribution in [3.8, 4) is 5.75 Å². The molecule has 1 aromatic carbocycles. The van der Waals surface area contributed by atoms with Crippen LogP contribution in [0.15, 0.2) is 18.2 Å². The third kappa shape index (κ3) is 3.42. The Morgan fingerprint density at radius 1 is 1.59 bits per heavy atom. The molecule has 0 radical (unpaired) electrons. The number of nitrogens with zero attached hydrogens (tertiary/aromatic N) is 1. The molecule has 0 fully saturated rings. The van der Waals surface area contributed by atoms with E-state index in [4.69, 9.17) is 4.74 Å². The van der Waals surface area contributed by atoms with Crippen molar-refractivity contribution in [1.82, 2.24) is 5.32 Å². The summed E-state index contributed by atoms with van der Waals surface area (Å²) in [7, 11) is 1.34. The van der Waals surface area contributed by atoms with Gasteiger partial charge in [0.2, 0.25) is 0 Å². The lowest BCUT2D eigenvalue weighted by molar-refractivity contribution is -0.385. The first kappa shape index (κ1) is 13.4. The number of hydrogen-bond donors (Lipinski definition) is 1. The van der Waals surface area contributed by atoms with Gasteiger partial charge in [0, 0.05) is 23.5 Å². The van der Waals surface area contributed by atoms with Crippen LogP contribution < -0.4 is 10.1 Å². The summed E-state index contributed by atoms with van der Waals surface area (Å²) in [5.74, 6) is -0.220. The van der Waals surface area contributed by atoms with Gasteiger partial charge in [0.25, 0.3) is 5.91 Å². The lowest BCUT2D eigenvalue weighted by Gasteiger charge is -2.05. The van der Waals surface area contributed by atoms with Gasteiger partial charge in [-0.25, -0.2) is 0 Å². The molecule has 92 valence electrons. The lowest BCUT2D eigenvalue weighted by atomic mass is 10.1. The maximum atomic E-state index is 11.6. The number of amides is 1. The lowest BCUT2D eigenvalue weighted by Crippen LogP contribution is -2.25. The van der Waals surface area contributed by atoms with Crippen molar-refractivity contribution in [3.63, 3.8) is 0 Å². The number of rotatable bonds is 5. The van der Waals surface area contributed by atoms with Gasteiger partial charge in [-0.3, -0.25) is 14.9 Å². The van der Waals surface area contributed by atoms with Crippen LogP contribution in [0.2, 0.25) is 0 Å². The minimum absolute atomic E-state index is 0.132. The van der Waals surface area contributed by atoms with Crippen LogP contribution in [0, 0.1) is 10.1 Å². The van der Waals surface area contributed by atoms with Crippen LogP contribution in [0.3, 0.4) is 0 Å². The Labute approximate surface area is 106 Å². The standard InChI is InChI=1S/C10H11BrN2O4/c1-17-9-3-2-7(6-8(9)13(15)16)10(14)12-5-4-11/h2-3,6H,4-5H2,1H3,(H,12,14). The first-order valence-corrected chi connectivity index (χ1v) is 5.89. The summed E-state index contributed by atoms with van der Waals surface area (Å²) >= 11 is 3.17. The highest BCUT2D eigenvalue weighted by Crippen LogP contribution is 2.27. The number of nitro benzene ring substituents is 1. The quantitative estimate of drug-likeness (QED) is 0.510. The molecule has 7 heteroatoms. The zero-order valence-electron chi connectivity index (χ0n) is 9.10. The largest absolute Gasteiger partial charge is 0.490 e. The monoisotopic (exact) mass is 302 g/mol. The molecule has 0 spiro atoms. The first-order chi connectivity index (χ1) is 8.10. The van der Waals surface area contributed by atoms with Crippen molar-refractivity contribution in [2.45, 2.75) is 0 Å². The van der Waals surface area contributed by atoms with Gasteiger partial charge in [-0.1, -0.05) is 15.9 Å². The van der Waals surface area contributed by atoms with Gasteiger partial charge < -0.3 is 10.1 Å². The third-order valence-electron chi connectivity index (χ3n) is 2.02. The van der Waals surface area contributed by atoms with Crippen LogP contribution in [0.1, 0.15) is 10.4 Å². The van der Waals surface area contributed by atoms with E-state index in [2.05, 4.69) is 21.2 Å². The number of nitro groups is 1. The summed E-state index contributed by atoms with van der Waals surface area (Å²) in [6.45, 7) is 0.457. The number of hydrogen-bond acceptors (Lipinski definition) is 4. The number of halogens is 1. The maximum Gasteiger partial charge on any atom is 0.311 e. The Morgan fingerprint density at radius 3 is 2.82 bits per heavy atom. The van der Waals surface area contributed by atoms with Crippen LogP contribution in [-0.4, -0.2) is 29.8 Å². The molecule has 0 bridgehead atoms. The Hall–Kier alpha value is -1.63. The zero-order chi connectivity index (χ0) is 12.8. The fraction of sp³-hybridized carbons (Fsp3) is 0.300. The van der Waals surface area contributed by atoms with Gasteiger partial charge in [-0.15, -0.1) is 0 Å². The SMILES string of the molecule is COc1ccc(C(=O)NCCBr)cc1[N+](=O)[O-]. The van der Waals surface area contributed by atoms with E-state index in [1.807, 2.05) is 0 Å². The number of alkyl halides is 1. The second-order valence-corrected chi connectivity index (χ2v) is 3.88. The summed E-state index contributed by atoms with van der Waals surface area (Å²) in [5, 5.41) is 14.0. The fourth-order valence-electron chi connectivity index (χ4n) is 1.24. The van der Waals surface area contributed by atoms with Crippen LogP contribution in [0.25, 0.3) is 0 Å². The number of nitrogens with one attached hydrogen (secondary N) is 1. The normalized spacial score (nSPS) is 9.76. The average Bonchev–Trinajstić information content (AvgIpc) is 2.34. The second kappa shape index (κ2) is 6.19. The Bertz CT molecular complexity index is 436. The highest BCUT2D eigenvalue weighted by atomic mass is 79.9. The molecule has 1 N–H and O–H groups in total. The zero-order valence-corrected chi connectivity index (χ0v) is 10.7. The van der Waals surface area contributed by atoms with Gasteiger partial charge >= 0.3 is 5.69 Å². The van der Waals surface area contributed by atoms with E-state index in [0.29, 0.717) is 11.9 Å². The molecule has 0 aliphatic carbocycles. The number of carbonyl (C=O) groups is 1. The molecule has 0 heterocycles. The molecule has 0 aliphatic heterocycles. The van der Waals surface area contributed by atoms with E-state index in [1.54, 1.807) is 0 Å². The summed E-state index contributed by atoms with van der Waals surface area (Å²) < 4.78 is 4.84. The van der Waals surface area contributed by atoms with Gasteiger partial charge in [0.05, 0.1) is 12.0 Å². The number of carbonyl (C=O) groups excluding carboxylic acids is 1. The average molecular weight is 303 g/mol. The van der Waals surface area contributed by atoms with E-state index < -0.39 is 4.92 Å². The molecule has 0 aromatic heterocycles. The molecule has 0 saturated heterocycles. The highest BCUT2D eigenvalue weighted by Gasteiger charge is 2.17. The molecule has 0 atom stereocenters. The molecule has 0 saturated carbocycles. The van der Waals surface area contributed by atoms with Gasteiger partial charge in [-0.2, -0.15) is 0 Å². The molecule has 1 amide bonds. The van der Waals surface area contributed by atoms with E-state index >= 15 is 0 Å². The van der Waals surface area contributed by atoms with E-state index in [-0.39, 0.29) is 22.9 Å². The van der Waals surface area contributed by atoms with Crippen molar-refractivity contribution in [1.29, 1.82) is 0 Å². The van der Waals surface area contributed by atoms with Gasteiger partial charge in [0.1, 0.15) is 0 Å². The predicted octanol–water partition coefficient (Wildman–Crippen LogP) is 1.73. The Balaban J connectivity index is 2.99. The molecule has 1 aromatic rings. The van der Waals surface area contributed by atoms with Crippen molar-refractivity contribution in [2.75, 3.05) is 19.0 Å². The van der Waals surface area contributed by atoms with Crippen LogP contribution in [0.5, 0.6) is 5.75 Å². The first-order valence-electron chi connectivity index (χ1n) is 4.76. The minimum Gasteiger partial charge on any atom is -0.490 e. The van der Waals surface area contributed by atoms with Crippen molar-refractivity contribution < 1.29 is 14.5 Å². The highest BCUT2D eigenvalue weighted by molar-refractivity contribution is 9.09. The van der Waals surface area contributed by atoms with Crippen molar-refractivity contribution >= 4 is 27.5 Å². The van der Waals surface area contributed by atoms with Crippen molar-refractivity contribution in [2.24, 2.45) is 0 Å². The minimum atomic E-state index is -0.583.